The number of hydrogen-bond donors (Lipinski definition) is 1. The molecule has 0 spiro atoms. The highest BCUT2D eigenvalue weighted by Gasteiger charge is 2.39. The van der Waals surface area contributed by atoms with Crippen molar-refractivity contribution < 1.29 is 0 Å². The minimum absolute atomic E-state index is 0.468. The lowest BCUT2D eigenvalue weighted by Crippen LogP contribution is -2.57. The van der Waals surface area contributed by atoms with Crippen molar-refractivity contribution in [3.63, 3.8) is 0 Å². The van der Waals surface area contributed by atoms with Crippen molar-refractivity contribution in [1.82, 2.24) is 10.2 Å². The van der Waals surface area contributed by atoms with Crippen LogP contribution in [0.3, 0.4) is 0 Å². The Morgan fingerprint density at radius 1 is 1.00 bits per heavy atom. The van der Waals surface area contributed by atoms with Gasteiger partial charge in [0.05, 0.1) is 0 Å². The van der Waals surface area contributed by atoms with Crippen LogP contribution in [0.15, 0.2) is 0 Å². The lowest BCUT2D eigenvalue weighted by molar-refractivity contribution is 0.0564. The van der Waals surface area contributed by atoms with Gasteiger partial charge in [-0.15, -0.1) is 0 Å². The Balaban J connectivity index is 1.80. The van der Waals surface area contributed by atoms with Crippen LogP contribution in [0.5, 0.6) is 0 Å². The van der Waals surface area contributed by atoms with Crippen molar-refractivity contribution in [3.05, 3.63) is 0 Å². The van der Waals surface area contributed by atoms with Gasteiger partial charge in [-0.25, -0.2) is 0 Å². The van der Waals surface area contributed by atoms with Gasteiger partial charge in [0.1, 0.15) is 0 Å². The van der Waals surface area contributed by atoms with Gasteiger partial charge >= 0.3 is 0 Å². The summed E-state index contributed by atoms with van der Waals surface area (Å²) in [5.74, 6) is 0.917. The molecule has 0 aliphatic heterocycles. The largest absolute Gasteiger partial charge is 0.312 e. The fourth-order valence-corrected chi connectivity index (χ4v) is 4.07. The molecule has 0 heterocycles. The Morgan fingerprint density at radius 2 is 1.70 bits per heavy atom. The minimum atomic E-state index is 0.468. The summed E-state index contributed by atoms with van der Waals surface area (Å²) in [5.41, 5.74) is 0.962. The molecule has 2 nitrogen and oxygen atoms in total. The number of likely N-dealkylation sites (N-methyl/N-ethyl adjacent to an activating group) is 1. The molecule has 0 bridgehead atoms. The van der Waals surface area contributed by atoms with E-state index in [0.29, 0.717) is 11.0 Å². The van der Waals surface area contributed by atoms with Crippen molar-refractivity contribution in [2.45, 2.75) is 83.7 Å². The maximum absolute atomic E-state index is 3.92. The van der Waals surface area contributed by atoms with E-state index in [0.717, 1.165) is 12.0 Å². The lowest BCUT2D eigenvalue weighted by Gasteiger charge is -2.48. The average Bonchev–Trinajstić information content (AvgIpc) is 2.51. The van der Waals surface area contributed by atoms with Crippen LogP contribution in [0.1, 0.15) is 72.1 Å². The summed E-state index contributed by atoms with van der Waals surface area (Å²) in [6.07, 6.45) is 11.2. The zero-order valence-electron chi connectivity index (χ0n) is 14.5. The molecule has 2 atom stereocenters. The monoisotopic (exact) mass is 280 g/mol. The van der Waals surface area contributed by atoms with Gasteiger partial charge in [0, 0.05) is 18.1 Å². The van der Waals surface area contributed by atoms with Gasteiger partial charge in [0.2, 0.25) is 0 Å². The van der Waals surface area contributed by atoms with Crippen molar-refractivity contribution in [1.29, 1.82) is 0 Å². The molecule has 0 aromatic rings. The molecule has 2 aliphatic carbocycles. The third-order valence-corrected chi connectivity index (χ3v) is 6.15. The van der Waals surface area contributed by atoms with Crippen molar-refractivity contribution in [2.24, 2.45) is 11.3 Å². The molecule has 2 fully saturated rings. The van der Waals surface area contributed by atoms with E-state index >= 15 is 0 Å². The van der Waals surface area contributed by atoms with Gasteiger partial charge in [-0.2, -0.15) is 0 Å². The SMILES string of the molecule is CN(C)C1(CNC2CCCC(C(C)(C)C)CC2)CCC1. The Hall–Kier alpha value is -0.0800. The molecule has 2 heteroatoms. The van der Waals surface area contributed by atoms with Gasteiger partial charge < -0.3 is 10.2 Å². The number of nitrogens with zero attached hydrogens (tertiary/aromatic N) is 1. The first-order valence-corrected chi connectivity index (χ1v) is 8.74. The maximum atomic E-state index is 3.92. The smallest absolute Gasteiger partial charge is 0.0328 e. The zero-order chi connectivity index (χ0) is 14.8. The van der Waals surface area contributed by atoms with Crippen LogP contribution in [0.25, 0.3) is 0 Å². The topological polar surface area (TPSA) is 15.3 Å². The van der Waals surface area contributed by atoms with Gasteiger partial charge in [0.25, 0.3) is 0 Å². The second-order valence-corrected chi connectivity index (χ2v) is 8.62. The summed E-state index contributed by atoms with van der Waals surface area (Å²) in [7, 11) is 4.51. The highest BCUT2D eigenvalue weighted by molar-refractivity contribution is 4.98. The molecular formula is C18H36N2. The third-order valence-electron chi connectivity index (χ3n) is 6.15. The first kappa shape index (κ1) is 16.3. The molecular weight excluding hydrogens is 244 g/mol. The van der Waals surface area contributed by atoms with E-state index in [-0.39, 0.29) is 0 Å². The molecule has 0 radical (unpaired) electrons. The molecule has 0 amide bonds. The van der Waals surface area contributed by atoms with Crippen LogP contribution in [0.4, 0.5) is 0 Å². The number of rotatable bonds is 4. The van der Waals surface area contributed by atoms with Crippen LogP contribution in [-0.4, -0.2) is 37.1 Å². The first-order valence-electron chi connectivity index (χ1n) is 8.74. The Labute approximate surface area is 126 Å². The maximum Gasteiger partial charge on any atom is 0.0328 e. The third kappa shape index (κ3) is 3.76. The fraction of sp³-hybridized carbons (Fsp3) is 1.00. The standard InChI is InChI=1S/C18H36N2/c1-17(2,3)15-8-6-9-16(11-10-15)19-14-18(20(4)5)12-7-13-18/h15-16,19H,6-14H2,1-5H3. The molecule has 2 aliphatic rings. The molecule has 118 valence electrons. The molecule has 2 saturated carbocycles. The average molecular weight is 280 g/mol. The van der Waals surface area contributed by atoms with Crippen molar-refractivity contribution in [2.75, 3.05) is 20.6 Å². The van der Waals surface area contributed by atoms with Crippen LogP contribution in [0, 0.1) is 11.3 Å². The van der Waals surface area contributed by atoms with E-state index in [4.69, 9.17) is 0 Å². The van der Waals surface area contributed by atoms with Crippen LogP contribution < -0.4 is 5.32 Å². The molecule has 2 unspecified atom stereocenters. The molecule has 0 saturated heterocycles. The summed E-state index contributed by atoms with van der Waals surface area (Å²) in [6, 6.07) is 0.764. The highest BCUT2D eigenvalue weighted by Crippen LogP contribution is 2.38. The van der Waals surface area contributed by atoms with E-state index in [2.05, 4.69) is 45.1 Å². The van der Waals surface area contributed by atoms with Gasteiger partial charge in [0.15, 0.2) is 0 Å². The quantitative estimate of drug-likeness (QED) is 0.781. The van der Waals surface area contributed by atoms with Gasteiger partial charge in [-0.05, 0) is 70.4 Å². The highest BCUT2D eigenvalue weighted by atomic mass is 15.2. The normalized spacial score (nSPS) is 30.9. The zero-order valence-corrected chi connectivity index (χ0v) is 14.5. The fourth-order valence-electron chi connectivity index (χ4n) is 4.07. The minimum Gasteiger partial charge on any atom is -0.312 e. The van der Waals surface area contributed by atoms with Crippen LogP contribution >= 0.6 is 0 Å². The van der Waals surface area contributed by atoms with Crippen molar-refractivity contribution >= 4 is 0 Å². The summed E-state index contributed by atoms with van der Waals surface area (Å²) in [4.78, 5) is 2.46. The Bertz CT molecular complexity index is 299. The Kier molecular flexibility index (Phi) is 5.18. The van der Waals surface area contributed by atoms with E-state index in [1.54, 1.807) is 0 Å². The summed E-state index contributed by atoms with van der Waals surface area (Å²) in [5, 5.41) is 3.92. The van der Waals surface area contributed by atoms with E-state index in [1.165, 1.54) is 57.9 Å². The van der Waals surface area contributed by atoms with E-state index in [9.17, 15) is 0 Å². The van der Waals surface area contributed by atoms with E-state index in [1.807, 2.05) is 0 Å². The predicted octanol–water partition coefficient (Wildman–Crippen LogP) is 4.06. The molecule has 0 aromatic heterocycles. The van der Waals surface area contributed by atoms with Crippen molar-refractivity contribution in [3.8, 4) is 0 Å². The molecule has 20 heavy (non-hydrogen) atoms. The Morgan fingerprint density at radius 3 is 2.20 bits per heavy atom. The van der Waals surface area contributed by atoms with Crippen LogP contribution in [0.2, 0.25) is 0 Å². The lowest BCUT2D eigenvalue weighted by atomic mass is 9.75. The van der Waals surface area contributed by atoms with E-state index < -0.39 is 0 Å². The second kappa shape index (κ2) is 6.36. The summed E-state index contributed by atoms with van der Waals surface area (Å²) < 4.78 is 0. The molecule has 2 rings (SSSR count). The van der Waals surface area contributed by atoms with Crippen LogP contribution in [-0.2, 0) is 0 Å². The molecule has 1 N–H and O–H groups in total. The van der Waals surface area contributed by atoms with Gasteiger partial charge in [-0.3, -0.25) is 0 Å². The summed E-state index contributed by atoms with van der Waals surface area (Å²) in [6.45, 7) is 8.45. The first-order chi connectivity index (χ1) is 9.33. The predicted molar refractivity (Wildman–Crippen MR) is 88.1 cm³/mol. The summed E-state index contributed by atoms with van der Waals surface area (Å²) >= 11 is 0. The second-order valence-electron chi connectivity index (χ2n) is 8.62. The molecule has 0 aromatic carbocycles. The number of nitrogens with one attached hydrogen (secondary N) is 1. The van der Waals surface area contributed by atoms with Gasteiger partial charge in [-0.1, -0.05) is 27.2 Å². The number of hydrogen-bond acceptors (Lipinski definition) is 2.